The summed E-state index contributed by atoms with van der Waals surface area (Å²) in [6.45, 7) is 0.215. The first kappa shape index (κ1) is 11.3. The number of para-hydroxylation sites is 1. The molecule has 0 bridgehead atoms. The van der Waals surface area contributed by atoms with Gasteiger partial charge in [0.05, 0.1) is 6.20 Å². The van der Waals surface area contributed by atoms with Crippen molar-refractivity contribution in [3.05, 3.63) is 48.0 Å². The molecule has 0 amide bonds. The van der Waals surface area contributed by atoms with Crippen molar-refractivity contribution in [3.63, 3.8) is 0 Å². The summed E-state index contributed by atoms with van der Waals surface area (Å²) < 4.78 is 6.82. The quantitative estimate of drug-likeness (QED) is 0.736. The molecule has 0 atom stereocenters. The number of rotatable bonds is 4. The van der Waals surface area contributed by atoms with Gasteiger partial charge < -0.3 is 9.84 Å². The minimum atomic E-state index is -1.06. The third-order valence-corrected chi connectivity index (χ3v) is 2.56. The molecule has 7 heteroatoms. The summed E-state index contributed by atoms with van der Waals surface area (Å²) in [4.78, 5) is 19.0. The Kier molecular flexibility index (Phi) is 2.64. The summed E-state index contributed by atoms with van der Waals surface area (Å²) in [5.74, 6) is 0.472. The fourth-order valence-electron chi connectivity index (χ4n) is 1.69. The normalized spacial score (nSPS) is 10.7. The van der Waals surface area contributed by atoms with E-state index in [1.807, 2.05) is 30.3 Å². The molecule has 2 heterocycles. The SMILES string of the molecule is O=C(O)c1cnc2nc(COc3ccccc3)[nH]n12. The number of fused-ring (bicyclic) bond motifs is 1. The van der Waals surface area contributed by atoms with Gasteiger partial charge >= 0.3 is 5.97 Å². The highest BCUT2D eigenvalue weighted by molar-refractivity contribution is 5.86. The molecular weight excluding hydrogens is 248 g/mol. The topological polar surface area (TPSA) is 92.5 Å². The Bertz CT molecular complexity index is 717. The lowest BCUT2D eigenvalue weighted by Gasteiger charge is -2.02. The van der Waals surface area contributed by atoms with Crippen LogP contribution in [0, 0.1) is 0 Å². The zero-order chi connectivity index (χ0) is 13.2. The van der Waals surface area contributed by atoms with Crippen LogP contribution < -0.4 is 4.74 Å². The van der Waals surface area contributed by atoms with Crippen molar-refractivity contribution in [2.45, 2.75) is 6.61 Å². The van der Waals surface area contributed by atoms with E-state index < -0.39 is 5.97 Å². The van der Waals surface area contributed by atoms with Crippen LogP contribution in [0.15, 0.2) is 36.5 Å². The van der Waals surface area contributed by atoms with Crippen molar-refractivity contribution in [2.24, 2.45) is 0 Å². The molecule has 7 nitrogen and oxygen atoms in total. The third-order valence-electron chi connectivity index (χ3n) is 2.56. The number of carbonyl (C=O) groups is 1. The number of benzene rings is 1. The van der Waals surface area contributed by atoms with Crippen molar-refractivity contribution in [1.82, 2.24) is 19.6 Å². The summed E-state index contributed by atoms with van der Waals surface area (Å²) in [5, 5.41) is 11.8. The Labute approximate surface area is 107 Å². The lowest BCUT2D eigenvalue weighted by Crippen LogP contribution is -2.03. The van der Waals surface area contributed by atoms with Crippen LogP contribution in [0.5, 0.6) is 5.75 Å². The van der Waals surface area contributed by atoms with Gasteiger partial charge in [0.15, 0.2) is 11.5 Å². The lowest BCUT2D eigenvalue weighted by molar-refractivity contribution is 0.0688. The number of aromatic nitrogens is 4. The summed E-state index contributed by atoms with van der Waals surface area (Å²) in [5.41, 5.74) is 0.0356. The van der Waals surface area contributed by atoms with E-state index in [-0.39, 0.29) is 12.3 Å². The van der Waals surface area contributed by atoms with Gasteiger partial charge in [0, 0.05) is 0 Å². The second kappa shape index (κ2) is 4.45. The molecule has 0 aliphatic rings. The highest BCUT2D eigenvalue weighted by Gasteiger charge is 2.14. The molecule has 0 aliphatic heterocycles. The highest BCUT2D eigenvalue weighted by Crippen LogP contribution is 2.11. The second-order valence-electron chi connectivity index (χ2n) is 3.86. The summed E-state index contributed by atoms with van der Waals surface area (Å²) in [6, 6.07) is 9.29. The number of hydrogen-bond acceptors (Lipinski definition) is 4. The number of nitrogens with zero attached hydrogens (tertiary/aromatic N) is 3. The number of nitrogens with one attached hydrogen (secondary N) is 1. The van der Waals surface area contributed by atoms with Gasteiger partial charge in [-0.3, -0.25) is 5.10 Å². The fourth-order valence-corrected chi connectivity index (χ4v) is 1.69. The lowest BCUT2D eigenvalue weighted by atomic mass is 10.3. The molecule has 3 rings (SSSR count). The summed E-state index contributed by atoms with van der Waals surface area (Å²) in [6.07, 6.45) is 1.25. The first-order chi connectivity index (χ1) is 9.24. The number of hydrogen-bond donors (Lipinski definition) is 2. The van der Waals surface area contributed by atoms with E-state index in [1.165, 1.54) is 10.7 Å². The number of H-pyrrole nitrogens is 1. The van der Waals surface area contributed by atoms with Gasteiger partial charge in [-0.2, -0.15) is 4.98 Å². The van der Waals surface area contributed by atoms with Crippen LogP contribution in [-0.2, 0) is 6.61 Å². The van der Waals surface area contributed by atoms with E-state index in [9.17, 15) is 4.79 Å². The minimum absolute atomic E-state index is 0.0356. The Balaban J connectivity index is 1.80. The van der Waals surface area contributed by atoms with Crippen LogP contribution in [0.4, 0.5) is 0 Å². The molecule has 96 valence electrons. The Morgan fingerprint density at radius 1 is 1.37 bits per heavy atom. The smallest absolute Gasteiger partial charge is 0.356 e. The van der Waals surface area contributed by atoms with Gasteiger partial charge in [0.1, 0.15) is 12.4 Å². The first-order valence-electron chi connectivity index (χ1n) is 5.57. The van der Waals surface area contributed by atoms with Gasteiger partial charge in [-0.05, 0) is 12.1 Å². The van der Waals surface area contributed by atoms with E-state index in [4.69, 9.17) is 9.84 Å². The van der Waals surface area contributed by atoms with Crippen molar-refractivity contribution in [2.75, 3.05) is 0 Å². The van der Waals surface area contributed by atoms with Crippen LogP contribution in [0.2, 0.25) is 0 Å². The van der Waals surface area contributed by atoms with E-state index in [2.05, 4.69) is 15.1 Å². The van der Waals surface area contributed by atoms with Crippen LogP contribution in [0.25, 0.3) is 5.78 Å². The number of imidazole rings is 1. The highest BCUT2D eigenvalue weighted by atomic mass is 16.5. The number of ether oxygens (including phenoxy) is 1. The van der Waals surface area contributed by atoms with Crippen LogP contribution in [0.3, 0.4) is 0 Å². The van der Waals surface area contributed by atoms with Crippen molar-refractivity contribution in [3.8, 4) is 5.75 Å². The second-order valence-corrected chi connectivity index (χ2v) is 3.86. The van der Waals surface area contributed by atoms with Crippen LogP contribution in [-0.4, -0.2) is 30.7 Å². The van der Waals surface area contributed by atoms with Gasteiger partial charge in [-0.1, -0.05) is 18.2 Å². The number of aromatic amines is 1. The van der Waals surface area contributed by atoms with Gasteiger partial charge in [0.25, 0.3) is 5.78 Å². The Morgan fingerprint density at radius 3 is 2.89 bits per heavy atom. The molecule has 0 fully saturated rings. The van der Waals surface area contributed by atoms with Crippen LogP contribution >= 0.6 is 0 Å². The largest absolute Gasteiger partial charge is 0.486 e. The summed E-state index contributed by atoms with van der Waals surface area (Å²) in [7, 11) is 0. The van der Waals surface area contributed by atoms with Gasteiger partial charge in [-0.15, -0.1) is 0 Å². The number of carboxylic acid groups (broad SMARTS) is 1. The number of carboxylic acids is 1. The molecule has 0 aliphatic carbocycles. The average molecular weight is 258 g/mol. The Morgan fingerprint density at radius 2 is 2.16 bits per heavy atom. The predicted molar refractivity (Wildman–Crippen MR) is 65.1 cm³/mol. The maximum absolute atomic E-state index is 10.9. The number of aromatic carboxylic acids is 1. The fraction of sp³-hybridized carbons (Fsp3) is 0.0833. The van der Waals surface area contributed by atoms with Gasteiger partial charge in [-0.25, -0.2) is 14.3 Å². The van der Waals surface area contributed by atoms with E-state index >= 15 is 0 Å². The zero-order valence-corrected chi connectivity index (χ0v) is 9.78. The van der Waals surface area contributed by atoms with E-state index in [0.717, 1.165) is 5.75 Å². The van der Waals surface area contributed by atoms with Crippen molar-refractivity contribution in [1.29, 1.82) is 0 Å². The molecule has 0 spiro atoms. The minimum Gasteiger partial charge on any atom is -0.486 e. The van der Waals surface area contributed by atoms with Gasteiger partial charge in [0.2, 0.25) is 0 Å². The van der Waals surface area contributed by atoms with E-state index in [0.29, 0.717) is 11.6 Å². The average Bonchev–Trinajstić information content (AvgIpc) is 2.96. The molecule has 19 heavy (non-hydrogen) atoms. The first-order valence-corrected chi connectivity index (χ1v) is 5.57. The summed E-state index contributed by atoms with van der Waals surface area (Å²) >= 11 is 0. The monoisotopic (exact) mass is 258 g/mol. The standard InChI is InChI=1S/C12H10N4O3/c17-11(18)9-6-13-12-14-10(15-16(9)12)7-19-8-4-2-1-3-5-8/h1-6H,7H2,(H,17,18)(H,13,14,15). The zero-order valence-electron chi connectivity index (χ0n) is 9.78. The molecule has 1 aromatic carbocycles. The molecule has 0 saturated heterocycles. The molecular formula is C12H10N4O3. The third kappa shape index (κ3) is 2.13. The molecule has 3 aromatic rings. The molecule has 0 radical (unpaired) electrons. The molecule has 0 unspecified atom stereocenters. The van der Waals surface area contributed by atoms with Crippen LogP contribution in [0.1, 0.15) is 16.3 Å². The maximum atomic E-state index is 10.9. The van der Waals surface area contributed by atoms with Crippen molar-refractivity contribution < 1.29 is 14.6 Å². The van der Waals surface area contributed by atoms with Crippen molar-refractivity contribution >= 4 is 11.7 Å². The molecule has 2 aromatic heterocycles. The predicted octanol–water partition coefficient (Wildman–Crippen LogP) is 1.33. The molecule has 0 saturated carbocycles. The Hall–Kier alpha value is -2.83. The maximum Gasteiger partial charge on any atom is 0.356 e. The molecule has 2 N–H and O–H groups in total. The van der Waals surface area contributed by atoms with E-state index in [1.54, 1.807) is 0 Å².